The first kappa shape index (κ1) is 10.5. The van der Waals surface area contributed by atoms with Gasteiger partial charge in [-0.25, -0.2) is 9.98 Å². The number of nitrogens with one attached hydrogen (secondary N) is 2. The van der Waals surface area contributed by atoms with Crippen molar-refractivity contribution in [1.29, 1.82) is 0 Å². The van der Waals surface area contributed by atoms with Gasteiger partial charge in [-0.2, -0.15) is 0 Å². The van der Waals surface area contributed by atoms with Crippen LogP contribution in [0, 0.1) is 5.08 Å². The van der Waals surface area contributed by atoms with Crippen LogP contribution in [-0.2, 0) is 0 Å². The Labute approximate surface area is 87.0 Å². The average molecular weight is 246 g/mol. The molecule has 0 aliphatic carbocycles. The molecular weight excluding hydrogens is 232 g/mol. The Kier molecular flexibility index (Phi) is 4.82. The molecule has 4 nitrogen and oxygen atoms in total. The van der Waals surface area contributed by atoms with Crippen LogP contribution in [0.1, 0.15) is 26.2 Å². The molecule has 0 saturated carbocycles. The summed E-state index contributed by atoms with van der Waals surface area (Å²) in [6.45, 7) is 3.12. The highest BCUT2D eigenvalue weighted by Crippen LogP contribution is 2.08. The molecule has 5 heteroatoms. The topological polar surface area (TPSA) is 48.8 Å². The van der Waals surface area contributed by atoms with E-state index in [1.165, 1.54) is 12.8 Å². The van der Waals surface area contributed by atoms with Crippen molar-refractivity contribution in [2.75, 3.05) is 6.54 Å². The molecule has 0 atom stereocenters. The molecule has 0 aromatic carbocycles. The molecule has 2 N–H and O–H groups in total. The van der Waals surface area contributed by atoms with Crippen molar-refractivity contribution in [3.63, 3.8) is 0 Å². The summed E-state index contributed by atoms with van der Waals surface area (Å²) in [4.78, 5) is 8.14. The standard InChI is InChI=1S/C8H14BrN4/c1-2-3-4-5-10-8-12-6-11-7(9)13-8/h6H,2-5H2,1H3,(H2,10,11,12,13). The van der Waals surface area contributed by atoms with E-state index in [-0.39, 0.29) is 0 Å². The lowest BCUT2D eigenvalue weighted by molar-refractivity contribution is 0.692. The van der Waals surface area contributed by atoms with Gasteiger partial charge in [-0.1, -0.05) is 19.8 Å². The van der Waals surface area contributed by atoms with Crippen molar-refractivity contribution >= 4 is 28.2 Å². The molecule has 0 fully saturated rings. The summed E-state index contributed by atoms with van der Waals surface area (Å²) in [5, 5.41) is 6.67. The van der Waals surface area contributed by atoms with Crippen LogP contribution in [0.5, 0.6) is 0 Å². The molecule has 0 amide bonds. The van der Waals surface area contributed by atoms with Gasteiger partial charge in [-0.15, -0.1) is 0 Å². The fourth-order valence-electron chi connectivity index (χ4n) is 0.961. The Hall–Kier alpha value is -0.580. The van der Waals surface area contributed by atoms with Crippen LogP contribution in [0.25, 0.3) is 0 Å². The second-order valence-electron chi connectivity index (χ2n) is 2.76. The number of aliphatic imine (C=N–C) groups is 2. The van der Waals surface area contributed by atoms with Crippen molar-refractivity contribution in [2.24, 2.45) is 9.98 Å². The molecule has 0 spiro atoms. The highest BCUT2D eigenvalue weighted by molar-refractivity contribution is 9.11. The number of halogens is 1. The SMILES string of the molecule is CCCCCNC1=N[C](Br)NC=N1. The van der Waals surface area contributed by atoms with Gasteiger partial charge in [0.05, 0.1) is 6.34 Å². The molecule has 1 aliphatic heterocycles. The summed E-state index contributed by atoms with van der Waals surface area (Å²) in [6, 6.07) is 0. The molecule has 1 radical (unpaired) electrons. The summed E-state index contributed by atoms with van der Waals surface area (Å²) in [7, 11) is 0. The van der Waals surface area contributed by atoms with Gasteiger partial charge < -0.3 is 10.6 Å². The summed E-state index contributed by atoms with van der Waals surface area (Å²) < 4.78 is 0. The minimum atomic E-state index is 0.668. The molecule has 0 aromatic rings. The molecule has 0 unspecified atom stereocenters. The number of unbranched alkanes of at least 4 members (excludes halogenated alkanes) is 2. The van der Waals surface area contributed by atoms with Crippen molar-refractivity contribution in [3.8, 4) is 0 Å². The lowest BCUT2D eigenvalue weighted by atomic mass is 10.2. The quantitative estimate of drug-likeness (QED) is 0.584. The Balaban J connectivity index is 2.17. The monoisotopic (exact) mass is 245 g/mol. The van der Waals surface area contributed by atoms with E-state index >= 15 is 0 Å². The maximum atomic E-state index is 4.11. The third-order valence-electron chi connectivity index (χ3n) is 1.64. The predicted octanol–water partition coefficient (Wildman–Crippen LogP) is 1.60. The first-order chi connectivity index (χ1) is 6.33. The maximum Gasteiger partial charge on any atom is 0.244 e. The first-order valence-electron chi connectivity index (χ1n) is 4.47. The van der Waals surface area contributed by atoms with Gasteiger partial charge in [0, 0.05) is 6.54 Å². The van der Waals surface area contributed by atoms with Crippen molar-refractivity contribution in [2.45, 2.75) is 26.2 Å². The Morgan fingerprint density at radius 2 is 2.38 bits per heavy atom. The Morgan fingerprint density at radius 3 is 3.08 bits per heavy atom. The molecule has 73 valence electrons. The summed E-state index contributed by atoms with van der Waals surface area (Å²) in [5.74, 6) is 0.668. The fourth-order valence-corrected chi connectivity index (χ4v) is 1.23. The Bertz CT molecular complexity index is 202. The van der Waals surface area contributed by atoms with Crippen molar-refractivity contribution < 1.29 is 0 Å². The highest BCUT2D eigenvalue weighted by Gasteiger charge is 2.06. The van der Waals surface area contributed by atoms with Crippen LogP contribution in [0.15, 0.2) is 9.98 Å². The molecule has 1 heterocycles. The van der Waals surface area contributed by atoms with E-state index in [0.717, 1.165) is 13.0 Å². The maximum absolute atomic E-state index is 4.11. The zero-order chi connectivity index (χ0) is 9.52. The normalized spacial score (nSPS) is 16.6. The molecule has 13 heavy (non-hydrogen) atoms. The average Bonchev–Trinajstić information content (AvgIpc) is 2.13. The van der Waals surface area contributed by atoms with E-state index in [1.54, 1.807) is 6.34 Å². The van der Waals surface area contributed by atoms with E-state index in [1.807, 2.05) is 0 Å². The van der Waals surface area contributed by atoms with Gasteiger partial charge in [0.15, 0.2) is 0 Å². The number of guanidine groups is 1. The van der Waals surface area contributed by atoms with Gasteiger partial charge >= 0.3 is 0 Å². The smallest absolute Gasteiger partial charge is 0.244 e. The van der Waals surface area contributed by atoms with Crippen molar-refractivity contribution in [1.82, 2.24) is 10.6 Å². The van der Waals surface area contributed by atoms with E-state index < -0.39 is 0 Å². The fraction of sp³-hybridized carbons (Fsp3) is 0.625. The third-order valence-corrected chi connectivity index (χ3v) is 2.04. The van der Waals surface area contributed by atoms with Crippen LogP contribution in [-0.4, -0.2) is 18.8 Å². The largest absolute Gasteiger partial charge is 0.354 e. The lowest BCUT2D eigenvalue weighted by Gasteiger charge is -2.11. The predicted molar refractivity (Wildman–Crippen MR) is 58.8 cm³/mol. The number of rotatable bonds is 4. The lowest BCUT2D eigenvalue weighted by Crippen LogP contribution is -2.29. The van der Waals surface area contributed by atoms with Crippen LogP contribution >= 0.6 is 15.9 Å². The first-order valence-corrected chi connectivity index (χ1v) is 5.26. The van der Waals surface area contributed by atoms with Crippen LogP contribution in [0.2, 0.25) is 0 Å². The van der Waals surface area contributed by atoms with E-state index in [4.69, 9.17) is 0 Å². The van der Waals surface area contributed by atoms with E-state index in [2.05, 4.69) is 43.5 Å². The molecule has 1 aliphatic rings. The minimum Gasteiger partial charge on any atom is -0.354 e. The highest BCUT2D eigenvalue weighted by atomic mass is 79.9. The van der Waals surface area contributed by atoms with Gasteiger partial charge in [-0.05, 0) is 22.4 Å². The molecule has 0 saturated heterocycles. The zero-order valence-electron chi connectivity index (χ0n) is 7.68. The number of hydrogen-bond acceptors (Lipinski definition) is 4. The second kappa shape index (κ2) is 5.96. The number of hydrogen-bond donors (Lipinski definition) is 2. The van der Waals surface area contributed by atoms with Crippen LogP contribution < -0.4 is 10.6 Å². The second-order valence-corrected chi connectivity index (χ2v) is 3.51. The van der Waals surface area contributed by atoms with E-state index in [0.29, 0.717) is 11.0 Å². The summed E-state index contributed by atoms with van der Waals surface area (Å²) >= 11 is 3.24. The zero-order valence-corrected chi connectivity index (χ0v) is 9.26. The van der Waals surface area contributed by atoms with Crippen molar-refractivity contribution in [3.05, 3.63) is 5.08 Å². The minimum absolute atomic E-state index is 0.668. The Morgan fingerprint density at radius 1 is 1.54 bits per heavy atom. The summed E-state index contributed by atoms with van der Waals surface area (Å²) in [5.41, 5.74) is 0. The number of nitrogens with zero attached hydrogens (tertiary/aromatic N) is 2. The molecule has 1 rings (SSSR count). The van der Waals surface area contributed by atoms with Gasteiger partial charge in [-0.3, -0.25) is 0 Å². The van der Waals surface area contributed by atoms with Crippen LogP contribution in [0.4, 0.5) is 0 Å². The third kappa shape index (κ3) is 4.26. The van der Waals surface area contributed by atoms with Gasteiger partial charge in [0.25, 0.3) is 0 Å². The molecule has 0 bridgehead atoms. The van der Waals surface area contributed by atoms with Crippen LogP contribution in [0.3, 0.4) is 0 Å². The molecular formula is C8H14BrN4. The van der Waals surface area contributed by atoms with E-state index in [9.17, 15) is 0 Å². The summed E-state index contributed by atoms with van der Waals surface area (Å²) in [6.07, 6.45) is 5.25. The molecule has 0 aromatic heterocycles. The van der Waals surface area contributed by atoms with Gasteiger partial charge in [0.1, 0.15) is 0 Å². The van der Waals surface area contributed by atoms with Gasteiger partial charge in [0.2, 0.25) is 11.0 Å².